The van der Waals surface area contributed by atoms with E-state index in [-0.39, 0.29) is 10.7 Å². The molecular formula is C14H34N6O4S2. The van der Waals surface area contributed by atoms with Gasteiger partial charge in [-0.3, -0.25) is 21.5 Å². The first-order valence-corrected chi connectivity index (χ1v) is 9.48. The van der Waals surface area contributed by atoms with Crippen LogP contribution in [0.4, 0.5) is 0 Å². The first kappa shape index (κ1) is 32.2. The highest BCUT2D eigenvalue weighted by Gasteiger charge is 2.02. The zero-order valence-corrected chi connectivity index (χ0v) is 18.0. The van der Waals surface area contributed by atoms with Crippen molar-refractivity contribution in [1.29, 1.82) is 0 Å². The number of thioether (sulfide) groups is 2. The van der Waals surface area contributed by atoms with E-state index < -0.39 is 11.9 Å². The molecule has 10 N–H and O–H groups in total. The molecule has 2 unspecified atom stereocenters. The summed E-state index contributed by atoms with van der Waals surface area (Å²) in [5, 5.41) is 19.3. The van der Waals surface area contributed by atoms with Crippen LogP contribution in [0.15, 0.2) is 0 Å². The molecule has 12 heteroatoms. The Morgan fingerprint density at radius 3 is 1.15 bits per heavy atom. The van der Waals surface area contributed by atoms with Crippen molar-refractivity contribution in [2.75, 3.05) is 13.1 Å². The third-order valence-corrected chi connectivity index (χ3v) is 2.87. The molecular weight excluding hydrogens is 380 g/mol. The van der Waals surface area contributed by atoms with Gasteiger partial charge in [-0.2, -0.15) is 0 Å². The largest absolute Gasteiger partial charge is 0.550 e. The molecule has 2 atom stereocenters. The molecule has 0 fully saturated rings. The van der Waals surface area contributed by atoms with Crippen LogP contribution in [0.3, 0.4) is 0 Å². The van der Waals surface area contributed by atoms with Gasteiger partial charge >= 0.3 is 10.3 Å². The standard InChI is InChI=1S/2C5H13N3S.2C2H4O2/c2*1-3-8-5(7)9-4(2)6;2*1-2(3)4/h2*4H,3,6H2,1-2H3,(H2,7,8);2*1H3,(H,3,4). The molecule has 0 aliphatic carbocycles. The van der Waals surface area contributed by atoms with Crippen LogP contribution in [0, 0.1) is 0 Å². The Bertz CT molecular complexity index is 372. The lowest BCUT2D eigenvalue weighted by Crippen LogP contribution is -2.74. The summed E-state index contributed by atoms with van der Waals surface area (Å²) in [4.78, 5) is 23.7. The minimum absolute atomic E-state index is 0.0732. The van der Waals surface area contributed by atoms with E-state index in [1.165, 1.54) is 23.5 Å². The number of nitrogens with one attached hydrogen (secondary N) is 2. The summed E-state index contributed by atoms with van der Waals surface area (Å²) in [5.74, 6) is -2.17. The average molecular weight is 415 g/mol. The summed E-state index contributed by atoms with van der Waals surface area (Å²) < 4.78 is 0. The van der Waals surface area contributed by atoms with E-state index in [0.29, 0.717) is 10.3 Å². The van der Waals surface area contributed by atoms with Crippen molar-refractivity contribution in [1.82, 2.24) is 0 Å². The van der Waals surface area contributed by atoms with Gasteiger partial charge in [0.25, 0.3) is 0 Å². The number of hydrogen-bond donors (Lipinski definition) is 6. The number of nitrogens with two attached hydrogens (primary N) is 4. The van der Waals surface area contributed by atoms with Crippen molar-refractivity contribution in [3.05, 3.63) is 0 Å². The molecule has 0 heterocycles. The van der Waals surface area contributed by atoms with Gasteiger partial charge in [0.05, 0.1) is 23.8 Å². The quantitative estimate of drug-likeness (QED) is 0.146. The third-order valence-electron chi connectivity index (χ3n) is 1.33. The van der Waals surface area contributed by atoms with Crippen molar-refractivity contribution in [2.45, 2.75) is 52.3 Å². The van der Waals surface area contributed by atoms with E-state index in [1.807, 2.05) is 27.7 Å². The Kier molecular flexibility index (Phi) is 29.1. The summed E-state index contributed by atoms with van der Waals surface area (Å²) in [6.45, 7) is 11.4. The summed E-state index contributed by atoms with van der Waals surface area (Å²) >= 11 is 2.88. The van der Waals surface area contributed by atoms with Crippen molar-refractivity contribution in [2.24, 2.45) is 22.9 Å². The van der Waals surface area contributed by atoms with Gasteiger partial charge in [0.15, 0.2) is 0 Å². The highest BCUT2D eigenvalue weighted by molar-refractivity contribution is 8.14. The van der Waals surface area contributed by atoms with Gasteiger partial charge in [0.1, 0.15) is 0 Å². The van der Waals surface area contributed by atoms with Gasteiger partial charge in [0.2, 0.25) is 0 Å². The minimum Gasteiger partial charge on any atom is -0.550 e. The van der Waals surface area contributed by atoms with E-state index in [0.717, 1.165) is 26.9 Å². The summed E-state index contributed by atoms with van der Waals surface area (Å²) in [7, 11) is 0. The fourth-order valence-corrected chi connectivity index (χ4v) is 2.09. The SMILES string of the molecule is CC(=O)[O-].CC(=O)[O-].CC[NH+]=C(N)SC(C)N.CC[NH+]=C(N)SC(C)N. The maximum Gasteiger partial charge on any atom is 0.303 e. The Balaban J connectivity index is -0.000000134. The normalized spacial score (nSPS) is 12.8. The predicted molar refractivity (Wildman–Crippen MR) is 105 cm³/mol. The van der Waals surface area contributed by atoms with Gasteiger partial charge in [-0.05, 0) is 65.1 Å². The van der Waals surface area contributed by atoms with Crippen LogP contribution >= 0.6 is 23.5 Å². The molecule has 0 aromatic heterocycles. The van der Waals surface area contributed by atoms with Gasteiger partial charge in [-0.15, -0.1) is 0 Å². The Morgan fingerprint density at radius 1 is 0.846 bits per heavy atom. The van der Waals surface area contributed by atoms with E-state index in [2.05, 4.69) is 9.98 Å². The number of amidine groups is 2. The smallest absolute Gasteiger partial charge is 0.303 e. The lowest BCUT2D eigenvalue weighted by molar-refractivity contribution is -0.450. The topological polar surface area (TPSA) is 212 Å². The van der Waals surface area contributed by atoms with Crippen molar-refractivity contribution in [3.8, 4) is 0 Å². The highest BCUT2D eigenvalue weighted by atomic mass is 32.2. The molecule has 0 spiro atoms. The monoisotopic (exact) mass is 414 g/mol. The summed E-state index contributed by atoms with van der Waals surface area (Å²) in [6, 6.07) is 0. The number of aliphatic carboxylic acids is 2. The van der Waals surface area contributed by atoms with Crippen LogP contribution in [0.2, 0.25) is 0 Å². The molecule has 10 nitrogen and oxygen atoms in total. The maximum absolute atomic E-state index is 8.89. The summed E-state index contributed by atoms with van der Waals surface area (Å²) in [5.41, 5.74) is 21.8. The lowest BCUT2D eigenvalue weighted by atomic mass is 10.8. The van der Waals surface area contributed by atoms with E-state index >= 15 is 0 Å². The Labute approximate surface area is 164 Å². The number of hydrogen-bond acceptors (Lipinski definition) is 8. The first-order chi connectivity index (χ1) is 11.8. The van der Waals surface area contributed by atoms with Crippen molar-refractivity contribution in [3.63, 3.8) is 0 Å². The number of carboxylic acid groups (broad SMARTS) is 2. The molecule has 0 amide bonds. The van der Waals surface area contributed by atoms with Crippen LogP contribution in [0.1, 0.15) is 41.5 Å². The Morgan fingerprint density at radius 2 is 1.04 bits per heavy atom. The lowest BCUT2D eigenvalue weighted by Gasteiger charge is -1.97. The van der Waals surface area contributed by atoms with Gasteiger partial charge in [-0.1, -0.05) is 0 Å². The maximum atomic E-state index is 8.89. The van der Waals surface area contributed by atoms with Crippen LogP contribution in [-0.4, -0.2) is 46.1 Å². The fourth-order valence-electron chi connectivity index (χ4n) is 0.832. The molecule has 156 valence electrons. The second-order valence-electron chi connectivity index (χ2n) is 4.42. The molecule has 0 aliphatic rings. The summed E-state index contributed by atoms with van der Waals surface area (Å²) in [6.07, 6.45) is 0. The van der Waals surface area contributed by atoms with Crippen molar-refractivity contribution < 1.29 is 29.8 Å². The van der Waals surface area contributed by atoms with Gasteiger partial charge in [-0.25, -0.2) is 0 Å². The van der Waals surface area contributed by atoms with Gasteiger partial charge in [0, 0.05) is 11.9 Å². The second-order valence-corrected chi connectivity index (χ2v) is 7.26. The average Bonchev–Trinajstić information content (AvgIpc) is 2.36. The molecule has 0 aromatic rings. The first-order valence-electron chi connectivity index (χ1n) is 7.72. The van der Waals surface area contributed by atoms with Crippen LogP contribution in [0.5, 0.6) is 0 Å². The molecule has 0 aromatic carbocycles. The zero-order chi connectivity index (χ0) is 21.7. The number of carbonyl (C=O) groups is 2. The molecule has 0 saturated carbocycles. The number of carboxylic acids is 2. The van der Waals surface area contributed by atoms with Crippen LogP contribution in [0.25, 0.3) is 0 Å². The molecule has 0 bridgehead atoms. The Hall–Kier alpha value is -1.50. The number of carbonyl (C=O) groups excluding carboxylic acids is 2. The molecule has 0 aliphatic heterocycles. The fraction of sp³-hybridized carbons (Fsp3) is 0.714. The highest BCUT2D eigenvalue weighted by Crippen LogP contribution is 1.99. The predicted octanol–water partition coefficient (Wildman–Crippen LogP) is -5.61. The molecule has 0 rings (SSSR count). The second kappa shape index (κ2) is 23.5. The number of rotatable bonds is 4. The van der Waals surface area contributed by atoms with Gasteiger partial charge < -0.3 is 31.3 Å². The molecule has 0 radical (unpaired) electrons. The molecule has 0 saturated heterocycles. The van der Waals surface area contributed by atoms with E-state index in [4.69, 9.17) is 42.7 Å². The van der Waals surface area contributed by atoms with E-state index in [1.54, 1.807) is 0 Å². The van der Waals surface area contributed by atoms with Crippen LogP contribution in [-0.2, 0) is 9.59 Å². The van der Waals surface area contributed by atoms with Crippen molar-refractivity contribution >= 4 is 45.8 Å². The van der Waals surface area contributed by atoms with E-state index in [9.17, 15) is 0 Å². The van der Waals surface area contributed by atoms with Crippen LogP contribution < -0.4 is 43.1 Å². The third kappa shape index (κ3) is 66.6. The zero-order valence-electron chi connectivity index (χ0n) is 16.3. The minimum atomic E-state index is -1.08. The molecule has 26 heavy (non-hydrogen) atoms.